The fourth-order valence-electron chi connectivity index (χ4n) is 2.55. The molecule has 16 heavy (non-hydrogen) atoms. The third-order valence-electron chi connectivity index (χ3n) is 3.37. The van der Waals surface area contributed by atoms with Gasteiger partial charge in [-0.25, -0.2) is 4.39 Å². The molecule has 1 aromatic rings. The zero-order valence-electron chi connectivity index (χ0n) is 9.91. The molecule has 3 heteroatoms. The maximum absolute atomic E-state index is 13.2. The van der Waals surface area contributed by atoms with Crippen molar-refractivity contribution in [3.63, 3.8) is 0 Å². The second-order valence-electron chi connectivity index (χ2n) is 4.85. The van der Waals surface area contributed by atoms with Crippen molar-refractivity contribution in [2.24, 2.45) is 5.92 Å². The number of nitrogen functional groups attached to an aromatic ring is 1. The number of benzene rings is 1. The number of hydrogen-bond donors (Lipinski definition) is 1. The van der Waals surface area contributed by atoms with Crippen LogP contribution in [0.5, 0.6) is 0 Å². The average molecular weight is 222 g/mol. The van der Waals surface area contributed by atoms with E-state index in [0.717, 1.165) is 12.2 Å². The van der Waals surface area contributed by atoms with Crippen molar-refractivity contribution < 1.29 is 4.39 Å². The van der Waals surface area contributed by atoms with Crippen molar-refractivity contribution in [3.05, 3.63) is 24.0 Å². The zero-order valence-corrected chi connectivity index (χ0v) is 9.91. The molecule has 0 bridgehead atoms. The first kappa shape index (κ1) is 11.2. The lowest BCUT2D eigenvalue weighted by Gasteiger charge is -2.30. The van der Waals surface area contributed by atoms with Crippen LogP contribution in [0, 0.1) is 11.7 Å². The third kappa shape index (κ3) is 1.99. The first-order valence-corrected chi connectivity index (χ1v) is 5.91. The second-order valence-corrected chi connectivity index (χ2v) is 4.85. The molecule has 2 N–H and O–H groups in total. The molecular formula is C13H19FN2. The molecule has 0 saturated carbocycles. The van der Waals surface area contributed by atoms with E-state index in [2.05, 4.69) is 18.7 Å². The van der Waals surface area contributed by atoms with Gasteiger partial charge in [0.05, 0.1) is 11.4 Å². The molecule has 0 radical (unpaired) electrons. The standard InChI is InChI=1S/C13H19FN2/c1-9(2)12-4-3-7-16(12)13-8-10(14)5-6-11(13)15/h5-6,8-9,12H,3-4,7,15H2,1-2H3. The lowest BCUT2D eigenvalue weighted by Crippen LogP contribution is -2.33. The minimum Gasteiger partial charge on any atom is -0.397 e. The molecule has 1 aliphatic rings. The Morgan fingerprint density at radius 3 is 2.88 bits per heavy atom. The molecule has 2 nitrogen and oxygen atoms in total. The number of anilines is 2. The Bertz CT molecular complexity index is 376. The smallest absolute Gasteiger partial charge is 0.125 e. The van der Waals surface area contributed by atoms with Gasteiger partial charge in [0, 0.05) is 12.6 Å². The summed E-state index contributed by atoms with van der Waals surface area (Å²) in [5.41, 5.74) is 7.46. The van der Waals surface area contributed by atoms with Gasteiger partial charge in [0.25, 0.3) is 0 Å². The second kappa shape index (κ2) is 4.32. The summed E-state index contributed by atoms with van der Waals surface area (Å²) in [4.78, 5) is 2.25. The van der Waals surface area contributed by atoms with Crippen LogP contribution >= 0.6 is 0 Å². The minimum atomic E-state index is -0.210. The molecule has 1 aliphatic heterocycles. The van der Waals surface area contributed by atoms with Gasteiger partial charge in [-0.05, 0) is 37.0 Å². The van der Waals surface area contributed by atoms with E-state index in [-0.39, 0.29) is 5.82 Å². The molecule has 1 heterocycles. The number of halogens is 1. The van der Waals surface area contributed by atoms with Crippen LogP contribution in [0.1, 0.15) is 26.7 Å². The molecule has 2 rings (SSSR count). The first-order valence-electron chi connectivity index (χ1n) is 5.91. The van der Waals surface area contributed by atoms with E-state index in [9.17, 15) is 4.39 Å². The van der Waals surface area contributed by atoms with E-state index < -0.39 is 0 Å². The van der Waals surface area contributed by atoms with Crippen molar-refractivity contribution in [2.45, 2.75) is 32.7 Å². The van der Waals surface area contributed by atoms with E-state index in [1.54, 1.807) is 12.1 Å². The number of hydrogen-bond acceptors (Lipinski definition) is 2. The minimum absolute atomic E-state index is 0.210. The first-order chi connectivity index (χ1) is 7.59. The van der Waals surface area contributed by atoms with E-state index in [0.29, 0.717) is 17.6 Å². The summed E-state index contributed by atoms with van der Waals surface area (Å²) in [6.07, 6.45) is 2.34. The molecule has 1 saturated heterocycles. The van der Waals surface area contributed by atoms with Gasteiger partial charge in [-0.2, -0.15) is 0 Å². The Morgan fingerprint density at radius 1 is 1.44 bits per heavy atom. The zero-order chi connectivity index (χ0) is 11.7. The highest BCUT2D eigenvalue weighted by Gasteiger charge is 2.28. The summed E-state index contributed by atoms with van der Waals surface area (Å²) < 4.78 is 13.2. The predicted molar refractivity (Wildman–Crippen MR) is 66.0 cm³/mol. The van der Waals surface area contributed by atoms with Crippen molar-refractivity contribution >= 4 is 11.4 Å². The Labute approximate surface area is 96.2 Å². The van der Waals surface area contributed by atoms with Crippen LogP contribution in [0.2, 0.25) is 0 Å². The van der Waals surface area contributed by atoms with Gasteiger partial charge in [-0.3, -0.25) is 0 Å². The highest BCUT2D eigenvalue weighted by molar-refractivity contribution is 5.68. The van der Waals surface area contributed by atoms with Gasteiger partial charge < -0.3 is 10.6 Å². The molecule has 1 aromatic carbocycles. The quantitative estimate of drug-likeness (QED) is 0.779. The predicted octanol–water partition coefficient (Wildman–Crippen LogP) is 3.03. The fraction of sp³-hybridized carbons (Fsp3) is 0.538. The topological polar surface area (TPSA) is 29.3 Å². The van der Waals surface area contributed by atoms with Crippen molar-refractivity contribution in [3.8, 4) is 0 Å². The summed E-state index contributed by atoms with van der Waals surface area (Å²) in [7, 11) is 0. The molecule has 1 fully saturated rings. The molecule has 1 atom stereocenters. The average Bonchev–Trinajstić information content (AvgIpc) is 2.70. The van der Waals surface area contributed by atoms with Crippen LogP contribution in [0.3, 0.4) is 0 Å². The van der Waals surface area contributed by atoms with Crippen molar-refractivity contribution in [1.29, 1.82) is 0 Å². The van der Waals surface area contributed by atoms with E-state index >= 15 is 0 Å². The monoisotopic (exact) mass is 222 g/mol. The summed E-state index contributed by atoms with van der Waals surface area (Å²) in [5, 5.41) is 0. The van der Waals surface area contributed by atoms with E-state index in [1.807, 2.05) is 0 Å². The van der Waals surface area contributed by atoms with Gasteiger partial charge in [0.1, 0.15) is 5.82 Å². The Hall–Kier alpha value is -1.25. The fourth-order valence-corrected chi connectivity index (χ4v) is 2.55. The van der Waals surface area contributed by atoms with Crippen LogP contribution in [0.4, 0.5) is 15.8 Å². The number of nitrogens with two attached hydrogens (primary N) is 1. The van der Waals surface area contributed by atoms with Crippen LogP contribution < -0.4 is 10.6 Å². The van der Waals surface area contributed by atoms with Crippen molar-refractivity contribution in [1.82, 2.24) is 0 Å². The normalized spacial score (nSPS) is 20.8. The highest BCUT2D eigenvalue weighted by Crippen LogP contribution is 2.33. The van der Waals surface area contributed by atoms with Gasteiger partial charge in [-0.1, -0.05) is 13.8 Å². The van der Waals surface area contributed by atoms with Crippen LogP contribution in [0.25, 0.3) is 0 Å². The van der Waals surface area contributed by atoms with Gasteiger partial charge in [0.2, 0.25) is 0 Å². The summed E-state index contributed by atoms with van der Waals surface area (Å²) >= 11 is 0. The summed E-state index contributed by atoms with van der Waals surface area (Å²) in [6, 6.07) is 5.11. The lowest BCUT2D eigenvalue weighted by atomic mass is 10.0. The Morgan fingerprint density at radius 2 is 2.19 bits per heavy atom. The van der Waals surface area contributed by atoms with E-state index in [1.165, 1.54) is 18.9 Å². The number of nitrogens with zero attached hydrogens (tertiary/aromatic N) is 1. The molecule has 0 aromatic heterocycles. The van der Waals surface area contributed by atoms with Crippen molar-refractivity contribution in [2.75, 3.05) is 17.2 Å². The van der Waals surface area contributed by atoms with Crippen LogP contribution in [-0.4, -0.2) is 12.6 Å². The summed E-state index contributed by atoms with van der Waals surface area (Å²) in [5.74, 6) is 0.365. The number of rotatable bonds is 2. The third-order valence-corrected chi connectivity index (χ3v) is 3.37. The van der Waals surface area contributed by atoms with Crippen LogP contribution in [0.15, 0.2) is 18.2 Å². The molecule has 1 unspecified atom stereocenters. The lowest BCUT2D eigenvalue weighted by molar-refractivity contribution is 0.491. The maximum Gasteiger partial charge on any atom is 0.125 e. The maximum atomic E-state index is 13.2. The van der Waals surface area contributed by atoms with Gasteiger partial charge in [0.15, 0.2) is 0 Å². The van der Waals surface area contributed by atoms with Crippen LogP contribution in [-0.2, 0) is 0 Å². The SMILES string of the molecule is CC(C)C1CCCN1c1cc(F)ccc1N. The molecule has 88 valence electrons. The Balaban J connectivity index is 2.32. The largest absolute Gasteiger partial charge is 0.397 e. The molecular weight excluding hydrogens is 203 g/mol. The summed E-state index contributed by atoms with van der Waals surface area (Å²) in [6.45, 7) is 5.40. The van der Waals surface area contributed by atoms with E-state index in [4.69, 9.17) is 5.73 Å². The van der Waals surface area contributed by atoms with Gasteiger partial charge >= 0.3 is 0 Å². The van der Waals surface area contributed by atoms with Gasteiger partial charge in [-0.15, -0.1) is 0 Å². The Kier molecular flexibility index (Phi) is 3.03. The highest BCUT2D eigenvalue weighted by atomic mass is 19.1. The molecule has 0 amide bonds. The molecule has 0 aliphatic carbocycles. The molecule has 0 spiro atoms.